The molecule has 0 saturated heterocycles. The minimum absolute atomic E-state index is 0.202. The van der Waals surface area contributed by atoms with Gasteiger partial charge in [0.2, 0.25) is 0 Å². The molecular formula is C15H22N2O3. The molecule has 0 fully saturated rings. The Balaban J connectivity index is 2.45. The Labute approximate surface area is 119 Å². The van der Waals surface area contributed by atoms with Crippen molar-refractivity contribution < 1.29 is 14.7 Å². The number of rotatable bonds is 6. The van der Waals surface area contributed by atoms with Gasteiger partial charge in [-0.1, -0.05) is 43.7 Å². The highest BCUT2D eigenvalue weighted by Crippen LogP contribution is 2.05. The summed E-state index contributed by atoms with van der Waals surface area (Å²) in [6.07, 6.45) is 0.410. The van der Waals surface area contributed by atoms with E-state index < -0.39 is 18.0 Å². The molecular weight excluding hydrogens is 256 g/mol. The van der Waals surface area contributed by atoms with Crippen molar-refractivity contribution in [1.29, 1.82) is 0 Å². The van der Waals surface area contributed by atoms with Crippen molar-refractivity contribution in [2.75, 3.05) is 0 Å². The summed E-state index contributed by atoms with van der Waals surface area (Å²) in [5.74, 6) is -0.808. The summed E-state index contributed by atoms with van der Waals surface area (Å²) < 4.78 is 0. The number of carboxylic acids is 1. The largest absolute Gasteiger partial charge is 0.480 e. The summed E-state index contributed by atoms with van der Waals surface area (Å²) in [4.78, 5) is 22.7. The van der Waals surface area contributed by atoms with Crippen LogP contribution in [0.3, 0.4) is 0 Å². The van der Waals surface area contributed by atoms with Crippen molar-refractivity contribution >= 4 is 12.0 Å². The van der Waals surface area contributed by atoms with Crippen LogP contribution in [-0.2, 0) is 11.3 Å². The van der Waals surface area contributed by atoms with E-state index in [9.17, 15) is 9.59 Å². The summed E-state index contributed by atoms with van der Waals surface area (Å²) in [5.41, 5.74) is 2.13. The first-order valence-electron chi connectivity index (χ1n) is 6.71. The number of urea groups is 1. The SMILES string of the molecule is Cc1ccc(CNC(=O)NC(CC(C)C)C(=O)O)cc1. The summed E-state index contributed by atoms with van der Waals surface area (Å²) in [5, 5.41) is 14.2. The Hall–Kier alpha value is -2.04. The van der Waals surface area contributed by atoms with Gasteiger partial charge in [-0.25, -0.2) is 9.59 Å². The molecule has 0 heterocycles. The number of hydrogen-bond donors (Lipinski definition) is 3. The number of carbonyl (C=O) groups is 2. The molecule has 0 saturated carbocycles. The van der Waals surface area contributed by atoms with Gasteiger partial charge in [0.15, 0.2) is 0 Å². The first-order chi connectivity index (χ1) is 9.38. The predicted octanol–water partition coefficient (Wildman–Crippen LogP) is 2.29. The van der Waals surface area contributed by atoms with E-state index >= 15 is 0 Å². The molecule has 0 aliphatic rings. The molecule has 1 unspecified atom stereocenters. The highest BCUT2D eigenvalue weighted by molar-refractivity contribution is 5.82. The van der Waals surface area contributed by atoms with Crippen LogP contribution in [0.1, 0.15) is 31.4 Å². The van der Waals surface area contributed by atoms with E-state index in [1.807, 2.05) is 45.0 Å². The number of benzene rings is 1. The molecule has 0 bridgehead atoms. The van der Waals surface area contributed by atoms with Crippen LogP contribution in [0.5, 0.6) is 0 Å². The van der Waals surface area contributed by atoms with Gasteiger partial charge in [0.25, 0.3) is 0 Å². The second kappa shape index (κ2) is 7.53. The summed E-state index contributed by atoms with van der Waals surface area (Å²) in [7, 11) is 0. The maximum atomic E-state index is 11.7. The van der Waals surface area contributed by atoms with Crippen molar-refractivity contribution in [2.45, 2.75) is 39.8 Å². The lowest BCUT2D eigenvalue weighted by molar-refractivity contribution is -0.139. The number of carbonyl (C=O) groups excluding carboxylic acids is 1. The first-order valence-corrected chi connectivity index (χ1v) is 6.71. The van der Waals surface area contributed by atoms with Gasteiger partial charge >= 0.3 is 12.0 Å². The fourth-order valence-corrected chi connectivity index (χ4v) is 1.79. The van der Waals surface area contributed by atoms with Crippen LogP contribution in [0.15, 0.2) is 24.3 Å². The molecule has 0 spiro atoms. The van der Waals surface area contributed by atoms with E-state index in [1.54, 1.807) is 0 Å². The topological polar surface area (TPSA) is 78.4 Å². The predicted molar refractivity (Wildman–Crippen MR) is 77.4 cm³/mol. The molecule has 110 valence electrons. The van der Waals surface area contributed by atoms with Crippen LogP contribution in [-0.4, -0.2) is 23.1 Å². The van der Waals surface area contributed by atoms with E-state index in [4.69, 9.17) is 5.11 Å². The number of aryl methyl sites for hydroxylation is 1. The van der Waals surface area contributed by atoms with E-state index in [1.165, 1.54) is 0 Å². The molecule has 0 aliphatic carbocycles. The number of hydrogen-bond acceptors (Lipinski definition) is 2. The molecule has 5 nitrogen and oxygen atoms in total. The highest BCUT2D eigenvalue weighted by Gasteiger charge is 2.20. The van der Waals surface area contributed by atoms with Gasteiger partial charge in [-0.2, -0.15) is 0 Å². The van der Waals surface area contributed by atoms with Crippen molar-refractivity contribution in [1.82, 2.24) is 10.6 Å². The van der Waals surface area contributed by atoms with E-state index in [0.717, 1.165) is 11.1 Å². The minimum Gasteiger partial charge on any atom is -0.480 e. The summed E-state index contributed by atoms with van der Waals surface area (Å²) >= 11 is 0. The zero-order valence-corrected chi connectivity index (χ0v) is 12.1. The zero-order chi connectivity index (χ0) is 15.1. The normalized spacial score (nSPS) is 12.0. The zero-order valence-electron chi connectivity index (χ0n) is 12.1. The van der Waals surface area contributed by atoms with Crippen LogP contribution in [0.2, 0.25) is 0 Å². The molecule has 1 rings (SSSR count). The lowest BCUT2D eigenvalue weighted by Crippen LogP contribution is -2.46. The summed E-state index contributed by atoms with van der Waals surface area (Å²) in [6.45, 7) is 6.21. The van der Waals surface area contributed by atoms with E-state index in [2.05, 4.69) is 10.6 Å². The van der Waals surface area contributed by atoms with Crippen molar-refractivity contribution in [3.05, 3.63) is 35.4 Å². The van der Waals surface area contributed by atoms with Crippen LogP contribution in [0.25, 0.3) is 0 Å². The second-order valence-electron chi connectivity index (χ2n) is 5.33. The Kier molecular flexibility index (Phi) is 6.03. The molecule has 0 radical (unpaired) electrons. The number of carboxylic acid groups (broad SMARTS) is 1. The number of aliphatic carboxylic acids is 1. The quantitative estimate of drug-likeness (QED) is 0.747. The van der Waals surface area contributed by atoms with Crippen LogP contribution in [0, 0.1) is 12.8 Å². The molecule has 0 aromatic heterocycles. The standard InChI is InChI=1S/C15H22N2O3/c1-10(2)8-13(14(18)19)17-15(20)16-9-12-6-4-11(3)5-7-12/h4-7,10,13H,8-9H2,1-3H3,(H,18,19)(H2,16,17,20). The molecule has 1 aromatic rings. The maximum absolute atomic E-state index is 11.7. The monoisotopic (exact) mass is 278 g/mol. The number of amides is 2. The van der Waals surface area contributed by atoms with Crippen LogP contribution < -0.4 is 10.6 Å². The van der Waals surface area contributed by atoms with Gasteiger partial charge in [0, 0.05) is 6.54 Å². The molecule has 0 aliphatic heterocycles. The number of nitrogens with one attached hydrogen (secondary N) is 2. The van der Waals surface area contributed by atoms with Crippen molar-refractivity contribution in [2.24, 2.45) is 5.92 Å². The Morgan fingerprint density at radius 1 is 1.20 bits per heavy atom. The average molecular weight is 278 g/mol. The third-order valence-electron chi connectivity index (χ3n) is 2.88. The third kappa shape index (κ3) is 5.73. The molecule has 20 heavy (non-hydrogen) atoms. The first kappa shape index (κ1) is 16.0. The lowest BCUT2D eigenvalue weighted by Gasteiger charge is -2.17. The fraction of sp³-hybridized carbons (Fsp3) is 0.467. The molecule has 1 aromatic carbocycles. The van der Waals surface area contributed by atoms with Crippen molar-refractivity contribution in [3.63, 3.8) is 0 Å². The lowest BCUT2D eigenvalue weighted by atomic mass is 10.0. The van der Waals surface area contributed by atoms with Gasteiger partial charge in [-0.15, -0.1) is 0 Å². The van der Waals surface area contributed by atoms with Gasteiger partial charge < -0.3 is 15.7 Å². The van der Waals surface area contributed by atoms with E-state index in [0.29, 0.717) is 13.0 Å². The van der Waals surface area contributed by atoms with Crippen LogP contribution >= 0.6 is 0 Å². The van der Waals surface area contributed by atoms with Gasteiger partial charge in [0.05, 0.1) is 0 Å². The Morgan fingerprint density at radius 3 is 2.30 bits per heavy atom. The highest BCUT2D eigenvalue weighted by atomic mass is 16.4. The average Bonchev–Trinajstić information content (AvgIpc) is 2.36. The van der Waals surface area contributed by atoms with E-state index in [-0.39, 0.29) is 5.92 Å². The van der Waals surface area contributed by atoms with Gasteiger partial charge in [-0.3, -0.25) is 0 Å². The van der Waals surface area contributed by atoms with Crippen LogP contribution in [0.4, 0.5) is 4.79 Å². The van der Waals surface area contributed by atoms with Gasteiger partial charge in [-0.05, 0) is 24.8 Å². The maximum Gasteiger partial charge on any atom is 0.326 e. The molecule has 1 atom stereocenters. The second-order valence-corrected chi connectivity index (χ2v) is 5.33. The summed E-state index contributed by atoms with van der Waals surface area (Å²) in [6, 6.07) is 6.48. The molecule has 5 heteroatoms. The van der Waals surface area contributed by atoms with Gasteiger partial charge in [0.1, 0.15) is 6.04 Å². The third-order valence-corrected chi connectivity index (χ3v) is 2.88. The fourth-order valence-electron chi connectivity index (χ4n) is 1.79. The Morgan fingerprint density at radius 2 is 1.80 bits per heavy atom. The Bertz CT molecular complexity index is 455. The molecule has 3 N–H and O–H groups in total. The smallest absolute Gasteiger partial charge is 0.326 e. The molecule has 2 amide bonds. The van der Waals surface area contributed by atoms with Crippen molar-refractivity contribution in [3.8, 4) is 0 Å². The minimum atomic E-state index is -1.01.